The van der Waals surface area contributed by atoms with Gasteiger partial charge in [0.05, 0.1) is 0 Å². The molecule has 0 nitrogen and oxygen atoms in total. The van der Waals surface area contributed by atoms with E-state index in [1.54, 1.807) is 0 Å². The molecular weight excluding hydrogens is 584 g/mol. The number of allylic oxidation sites excluding steroid dienone is 1. The van der Waals surface area contributed by atoms with Crippen LogP contribution < -0.4 is 0 Å². The van der Waals surface area contributed by atoms with Crippen LogP contribution in [0.5, 0.6) is 0 Å². The van der Waals surface area contributed by atoms with Gasteiger partial charge < -0.3 is 21.8 Å². The standard InChI is InChI=1S/C21H25.C6H5.C6H11.C5H5.2CH3.CH2.Zr/c1-20(2,3)16-7-9-18-14(12-16)11-15-13-17(21(4,5)6)8-10-19(15)18;1-2-4-6-5-3-1;1-3-5-6-4-2;1-2-4-5-3-1;;;;/h7-13H,1-6H3;1-5H;3H,1-2,4-6H2;1-5H;2*1H3;1H2;/q6*-1;;. The fourth-order valence-electron chi connectivity index (χ4n) is 3.91. The summed E-state index contributed by atoms with van der Waals surface area (Å²) in [6.07, 6.45) is 5.25. The summed E-state index contributed by atoms with van der Waals surface area (Å²) in [5.74, 6) is 0. The van der Waals surface area contributed by atoms with E-state index in [2.05, 4.69) is 108 Å². The van der Waals surface area contributed by atoms with Gasteiger partial charge in [0.1, 0.15) is 0 Å². The van der Waals surface area contributed by atoms with Crippen molar-refractivity contribution in [2.45, 2.75) is 71.6 Å². The molecule has 0 spiro atoms. The molecule has 0 aliphatic carbocycles. The molecule has 5 aromatic carbocycles. The largest absolute Gasteiger partial charge is 0.358 e. The Balaban J connectivity index is 0. The summed E-state index contributed by atoms with van der Waals surface area (Å²) < 4.78 is 3.34. The van der Waals surface area contributed by atoms with Gasteiger partial charge in [0, 0.05) is 0 Å². The summed E-state index contributed by atoms with van der Waals surface area (Å²) in [5, 5.41) is 5.48. The second kappa shape index (κ2) is 22.0. The molecule has 0 saturated carbocycles. The average Bonchev–Trinajstić information content (AvgIpc) is 3.65. The van der Waals surface area contributed by atoms with Crippen LogP contribution in [0.2, 0.25) is 0 Å². The monoisotopic (exact) mass is 636 g/mol. The third kappa shape index (κ3) is 15.0. The van der Waals surface area contributed by atoms with Crippen LogP contribution in [0.1, 0.15) is 71.9 Å². The van der Waals surface area contributed by atoms with Crippen LogP contribution in [0, 0.1) is 27.8 Å². The van der Waals surface area contributed by atoms with Crippen LogP contribution in [0.3, 0.4) is 0 Å². The van der Waals surface area contributed by atoms with Gasteiger partial charge in [-0.15, -0.1) is 46.3 Å². The van der Waals surface area contributed by atoms with Crippen LogP contribution in [-0.4, -0.2) is 4.21 Å². The molecule has 0 aliphatic heterocycles. The van der Waals surface area contributed by atoms with Gasteiger partial charge in [-0.05, 0) is 17.3 Å². The first kappa shape index (κ1) is 41.5. The Morgan fingerprint density at radius 1 is 0.762 bits per heavy atom. The van der Waals surface area contributed by atoms with Crippen molar-refractivity contribution in [3.8, 4) is 0 Å². The molecule has 0 heterocycles. The molecular formula is C41H54Zr-6. The second-order valence-corrected chi connectivity index (χ2v) is 11.6. The third-order valence-electron chi connectivity index (χ3n) is 6.26. The zero-order valence-electron chi connectivity index (χ0n) is 27.6. The molecule has 0 unspecified atom stereocenters. The van der Waals surface area contributed by atoms with E-state index in [0.29, 0.717) is 0 Å². The first-order chi connectivity index (χ1) is 19.1. The molecule has 0 bridgehead atoms. The fourth-order valence-corrected chi connectivity index (χ4v) is 3.91. The molecule has 1 heteroatoms. The van der Waals surface area contributed by atoms with Crippen LogP contribution in [0.15, 0.2) is 116 Å². The van der Waals surface area contributed by atoms with Crippen molar-refractivity contribution >= 4 is 25.8 Å². The summed E-state index contributed by atoms with van der Waals surface area (Å²) in [6.45, 7) is 20.9. The minimum atomic E-state index is 0. The maximum Gasteiger partial charge on any atom is -0.171 e. The van der Waals surface area contributed by atoms with Gasteiger partial charge in [-0.2, -0.15) is 61.0 Å². The number of fused-ring (bicyclic) bond motifs is 3. The van der Waals surface area contributed by atoms with Crippen molar-refractivity contribution in [1.82, 2.24) is 0 Å². The van der Waals surface area contributed by atoms with Crippen LogP contribution in [0.4, 0.5) is 0 Å². The van der Waals surface area contributed by atoms with E-state index in [4.69, 9.17) is 0 Å². The molecule has 0 aromatic heterocycles. The van der Waals surface area contributed by atoms with Gasteiger partial charge in [-0.25, -0.2) is 12.1 Å². The molecule has 42 heavy (non-hydrogen) atoms. The SMILES string of the molecule is C=CCCC[CH2-].CC(C)(C)c1ccc2c(c1)[cH-]c1cc(C(C)(C)C)ccc12.[CH2]=[Zr].[CH3-].[CH3-].[c-]1ccccc1.c1cc[cH-]c1. The van der Waals surface area contributed by atoms with Crippen molar-refractivity contribution in [1.29, 1.82) is 0 Å². The van der Waals surface area contributed by atoms with Gasteiger partial charge >= 0.3 is 28.4 Å². The van der Waals surface area contributed by atoms with Crippen LogP contribution in [-0.2, 0) is 35.1 Å². The molecule has 0 atom stereocenters. The van der Waals surface area contributed by atoms with E-state index in [9.17, 15) is 0 Å². The Labute approximate surface area is 275 Å². The Hall–Kier alpha value is -2.63. The number of unbranched alkanes of at least 4 members (excludes halogenated alkanes) is 2. The molecule has 0 saturated heterocycles. The Morgan fingerprint density at radius 2 is 1.21 bits per heavy atom. The molecule has 0 N–H and O–H groups in total. The van der Waals surface area contributed by atoms with Gasteiger partial charge in [0.25, 0.3) is 0 Å². The maximum atomic E-state index is 3.68. The smallest absolute Gasteiger partial charge is 0.171 e. The van der Waals surface area contributed by atoms with Gasteiger partial charge in [0.15, 0.2) is 0 Å². The minimum Gasteiger partial charge on any atom is -0.358 e. The third-order valence-corrected chi connectivity index (χ3v) is 6.26. The van der Waals surface area contributed by atoms with Crippen molar-refractivity contribution in [2.24, 2.45) is 0 Å². The Bertz CT molecular complexity index is 1210. The van der Waals surface area contributed by atoms with Crippen molar-refractivity contribution in [3.63, 3.8) is 0 Å². The van der Waals surface area contributed by atoms with Gasteiger partial charge in [0.2, 0.25) is 0 Å². The Kier molecular flexibility index (Phi) is 21.7. The minimum absolute atomic E-state index is 0. The van der Waals surface area contributed by atoms with Crippen LogP contribution >= 0.6 is 0 Å². The zero-order valence-corrected chi connectivity index (χ0v) is 30.1. The van der Waals surface area contributed by atoms with E-state index in [0.717, 1.165) is 12.8 Å². The van der Waals surface area contributed by atoms with E-state index < -0.39 is 0 Å². The first-order valence-electron chi connectivity index (χ1n) is 14.1. The summed E-state index contributed by atoms with van der Waals surface area (Å²) in [6, 6.07) is 38.7. The average molecular weight is 638 g/mol. The molecule has 0 aliphatic rings. The number of benzene rings is 3. The Morgan fingerprint density at radius 3 is 1.45 bits per heavy atom. The summed E-state index contributed by atoms with van der Waals surface area (Å²) in [4.78, 5) is 0. The number of rotatable bonds is 3. The summed E-state index contributed by atoms with van der Waals surface area (Å²) in [5.41, 5.74) is 3.21. The van der Waals surface area contributed by atoms with Crippen molar-refractivity contribution in [3.05, 3.63) is 155 Å². The van der Waals surface area contributed by atoms with E-state index in [1.165, 1.54) is 63.3 Å². The molecule has 228 valence electrons. The van der Waals surface area contributed by atoms with E-state index in [1.807, 2.05) is 66.7 Å². The molecule has 0 fully saturated rings. The second-order valence-electron chi connectivity index (χ2n) is 11.6. The maximum absolute atomic E-state index is 3.68. The molecule has 0 amide bonds. The van der Waals surface area contributed by atoms with Gasteiger partial charge in [-0.1, -0.05) is 89.4 Å². The summed E-state index contributed by atoms with van der Waals surface area (Å²) in [7, 11) is 0. The predicted molar refractivity (Wildman–Crippen MR) is 191 cm³/mol. The molecule has 5 rings (SSSR count). The zero-order chi connectivity index (χ0) is 30.0. The van der Waals surface area contributed by atoms with E-state index in [-0.39, 0.29) is 25.7 Å². The molecule has 5 aromatic rings. The van der Waals surface area contributed by atoms with Gasteiger partial charge in [-0.3, -0.25) is 0 Å². The summed E-state index contributed by atoms with van der Waals surface area (Å²) >= 11 is 1.30. The van der Waals surface area contributed by atoms with Crippen molar-refractivity contribution < 1.29 is 24.2 Å². The fraction of sp³-hybridized carbons (Fsp3) is 0.268. The number of hydrogen-bond acceptors (Lipinski definition) is 0. The van der Waals surface area contributed by atoms with Crippen molar-refractivity contribution in [2.75, 3.05) is 0 Å². The van der Waals surface area contributed by atoms with Crippen LogP contribution in [0.25, 0.3) is 21.5 Å². The van der Waals surface area contributed by atoms with E-state index >= 15 is 0 Å². The normalized spacial score (nSPS) is 9.95. The molecule has 0 radical (unpaired) electrons. The predicted octanol–water partition coefficient (Wildman–Crippen LogP) is 12.2. The quantitative estimate of drug-likeness (QED) is 0.105. The topological polar surface area (TPSA) is 0 Å². The first-order valence-corrected chi connectivity index (χ1v) is 15.8. The number of hydrogen-bond donors (Lipinski definition) is 0.